The predicted octanol–water partition coefficient (Wildman–Crippen LogP) is 6.77. The second-order valence-electron chi connectivity index (χ2n) is 7.18. The second-order valence-corrected chi connectivity index (χ2v) is 9.83. The van der Waals surface area contributed by atoms with Crippen molar-refractivity contribution in [1.82, 2.24) is 4.90 Å². The van der Waals surface area contributed by atoms with E-state index in [1.54, 1.807) is 43.5 Å². The molecule has 1 fully saturated rings. The van der Waals surface area contributed by atoms with Gasteiger partial charge in [0.25, 0.3) is 11.1 Å². The van der Waals surface area contributed by atoms with Crippen molar-refractivity contribution in [3.8, 4) is 11.5 Å². The Morgan fingerprint density at radius 3 is 2.52 bits per heavy atom. The van der Waals surface area contributed by atoms with Crippen molar-refractivity contribution >= 4 is 63.2 Å². The Kier molecular flexibility index (Phi) is 7.62. The SMILES string of the molecule is COc1cc(/C=C2\SC(=O)N(Cc3ccccc3Cl)C2=O)ccc1OCc1ccc(I)cc1. The highest BCUT2D eigenvalue weighted by Gasteiger charge is 2.35. The Morgan fingerprint density at radius 2 is 1.79 bits per heavy atom. The number of halogens is 2. The van der Waals surface area contributed by atoms with E-state index in [4.69, 9.17) is 21.1 Å². The molecule has 0 unspecified atom stereocenters. The number of rotatable bonds is 7. The first-order valence-corrected chi connectivity index (χ1v) is 12.3. The first-order valence-electron chi connectivity index (χ1n) is 9.98. The molecule has 4 rings (SSSR count). The lowest BCUT2D eigenvalue weighted by Crippen LogP contribution is -2.27. The van der Waals surface area contributed by atoms with Gasteiger partial charge in [0.05, 0.1) is 18.6 Å². The fraction of sp³-hybridized carbons (Fsp3) is 0.120. The van der Waals surface area contributed by atoms with Crippen LogP contribution >= 0.6 is 46.0 Å². The van der Waals surface area contributed by atoms with Crippen molar-refractivity contribution in [2.75, 3.05) is 7.11 Å². The Hall–Kier alpha value is -2.49. The van der Waals surface area contributed by atoms with Crippen LogP contribution in [0.3, 0.4) is 0 Å². The standard InChI is InChI=1S/C25H19ClINO4S/c1-31-22-12-17(8-11-21(22)32-15-16-6-9-19(27)10-7-16)13-23-24(29)28(25(30)33-23)14-18-4-2-3-5-20(18)26/h2-13H,14-15H2,1H3/b23-13-. The molecule has 0 radical (unpaired) electrons. The summed E-state index contributed by atoms with van der Waals surface area (Å²) in [7, 11) is 1.56. The maximum absolute atomic E-state index is 12.9. The quantitative estimate of drug-likeness (QED) is 0.224. The van der Waals surface area contributed by atoms with E-state index in [9.17, 15) is 9.59 Å². The molecule has 0 aliphatic carbocycles. The Bertz CT molecular complexity index is 1230. The highest BCUT2D eigenvalue weighted by molar-refractivity contribution is 14.1. The predicted molar refractivity (Wildman–Crippen MR) is 139 cm³/mol. The Labute approximate surface area is 214 Å². The molecule has 0 spiro atoms. The molecule has 0 saturated carbocycles. The van der Waals surface area contributed by atoms with Crippen LogP contribution in [0.15, 0.2) is 71.6 Å². The van der Waals surface area contributed by atoms with E-state index >= 15 is 0 Å². The molecule has 5 nitrogen and oxygen atoms in total. The summed E-state index contributed by atoms with van der Waals surface area (Å²) in [6.45, 7) is 0.546. The van der Waals surface area contributed by atoms with E-state index in [-0.39, 0.29) is 17.7 Å². The lowest BCUT2D eigenvalue weighted by molar-refractivity contribution is -0.123. The molecule has 0 aromatic heterocycles. The minimum Gasteiger partial charge on any atom is -0.493 e. The van der Waals surface area contributed by atoms with Crippen molar-refractivity contribution in [2.45, 2.75) is 13.2 Å². The molecular formula is C25H19ClINO4S. The van der Waals surface area contributed by atoms with Crippen molar-refractivity contribution in [2.24, 2.45) is 0 Å². The molecule has 1 aliphatic heterocycles. The van der Waals surface area contributed by atoms with E-state index < -0.39 is 0 Å². The maximum Gasteiger partial charge on any atom is 0.293 e. The van der Waals surface area contributed by atoms with Crippen LogP contribution < -0.4 is 9.47 Å². The molecule has 0 N–H and O–H groups in total. The minimum atomic E-state index is -0.345. The number of imide groups is 1. The monoisotopic (exact) mass is 591 g/mol. The number of hydrogen-bond acceptors (Lipinski definition) is 5. The van der Waals surface area contributed by atoms with Gasteiger partial charge in [-0.1, -0.05) is 48.0 Å². The van der Waals surface area contributed by atoms with Gasteiger partial charge in [0.2, 0.25) is 0 Å². The largest absolute Gasteiger partial charge is 0.493 e. The maximum atomic E-state index is 12.9. The van der Waals surface area contributed by atoms with Crippen LogP contribution in [-0.2, 0) is 17.9 Å². The molecule has 8 heteroatoms. The summed E-state index contributed by atoms with van der Waals surface area (Å²) in [6.07, 6.45) is 1.68. The lowest BCUT2D eigenvalue weighted by atomic mass is 10.1. The Morgan fingerprint density at radius 1 is 1.03 bits per heavy atom. The molecular weight excluding hydrogens is 573 g/mol. The van der Waals surface area contributed by atoms with E-state index in [0.29, 0.717) is 28.0 Å². The van der Waals surface area contributed by atoms with Gasteiger partial charge in [-0.25, -0.2) is 0 Å². The third-order valence-electron chi connectivity index (χ3n) is 4.95. The zero-order valence-electron chi connectivity index (χ0n) is 17.6. The molecule has 168 valence electrons. The molecule has 2 amide bonds. The number of nitrogens with zero attached hydrogens (tertiary/aromatic N) is 1. The van der Waals surface area contributed by atoms with Crippen LogP contribution in [0.25, 0.3) is 6.08 Å². The van der Waals surface area contributed by atoms with E-state index in [0.717, 1.165) is 32.0 Å². The molecule has 3 aromatic rings. The summed E-state index contributed by atoms with van der Waals surface area (Å²) in [6, 6.07) is 20.7. The van der Waals surface area contributed by atoms with Gasteiger partial charge < -0.3 is 9.47 Å². The number of carbonyl (C=O) groups excluding carboxylic acids is 2. The van der Waals surface area contributed by atoms with Gasteiger partial charge in [-0.15, -0.1) is 0 Å². The number of methoxy groups -OCH3 is 1. The summed E-state index contributed by atoms with van der Waals surface area (Å²) < 4.78 is 12.6. The highest BCUT2D eigenvalue weighted by atomic mass is 127. The van der Waals surface area contributed by atoms with Crippen LogP contribution in [0.5, 0.6) is 11.5 Å². The van der Waals surface area contributed by atoms with E-state index in [1.807, 2.05) is 36.4 Å². The number of benzene rings is 3. The number of amides is 2. The minimum absolute atomic E-state index is 0.135. The topological polar surface area (TPSA) is 55.8 Å². The van der Waals surface area contributed by atoms with E-state index in [1.165, 1.54) is 4.90 Å². The summed E-state index contributed by atoms with van der Waals surface area (Å²) in [4.78, 5) is 26.9. The zero-order chi connectivity index (χ0) is 23.4. The van der Waals surface area contributed by atoms with Gasteiger partial charge >= 0.3 is 0 Å². The average molecular weight is 592 g/mol. The number of ether oxygens (including phenoxy) is 2. The van der Waals surface area contributed by atoms with Crippen LogP contribution in [0.2, 0.25) is 5.02 Å². The molecule has 33 heavy (non-hydrogen) atoms. The molecule has 0 bridgehead atoms. The van der Waals surface area contributed by atoms with Crippen LogP contribution in [0.1, 0.15) is 16.7 Å². The van der Waals surface area contributed by atoms with Crippen LogP contribution in [0, 0.1) is 3.57 Å². The number of carbonyl (C=O) groups is 2. The molecule has 1 saturated heterocycles. The van der Waals surface area contributed by atoms with Crippen LogP contribution in [0.4, 0.5) is 4.79 Å². The van der Waals surface area contributed by atoms with Gasteiger partial charge in [0.1, 0.15) is 6.61 Å². The molecule has 1 aliphatic rings. The fourth-order valence-electron chi connectivity index (χ4n) is 3.22. The summed E-state index contributed by atoms with van der Waals surface area (Å²) in [5.41, 5.74) is 2.50. The van der Waals surface area contributed by atoms with Gasteiger partial charge in [0.15, 0.2) is 11.5 Å². The average Bonchev–Trinajstić information content (AvgIpc) is 3.07. The second kappa shape index (κ2) is 10.6. The van der Waals surface area contributed by atoms with Crippen molar-refractivity contribution in [3.05, 3.63) is 96.9 Å². The molecule has 1 heterocycles. The van der Waals surface area contributed by atoms with Crippen LogP contribution in [-0.4, -0.2) is 23.2 Å². The number of thioether (sulfide) groups is 1. The fourth-order valence-corrected chi connectivity index (χ4v) is 4.61. The van der Waals surface area contributed by atoms with Crippen molar-refractivity contribution < 1.29 is 19.1 Å². The summed E-state index contributed by atoms with van der Waals surface area (Å²) >= 11 is 9.36. The van der Waals surface area contributed by atoms with Gasteiger partial charge in [-0.2, -0.15) is 0 Å². The van der Waals surface area contributed by atoms with Crippen molar-refractivity contribution in [1.29, 1.82) is 0 Å². The van der Waals surface area contributed by atoms with Gasteiger partial charge in [-0.05, 0) is 87.5 Å². The smallest absolute Gasteiger partial charge is 0.293 e. The highest BCUT2D eigenvalue weighted by Crippen LogP contribution is 2.36. The molecule has 0 atom stereocenters. The van der Waals surface area contributed by atoms with E-state index in [2.05, 4.69) is 22.6 Å². The summed E-state index contributed by atoms with van der Waals surface area (Å²) in [5, 5.41) is 0.196. The van der Waals surface area contributed by atoms with Crippen molar-refractivity contribution in [3.63, 3.8) is 0 Å². The Balaban J connectivity index is 1.49. The molecule has 3 aromatic carbocycles. The first-order chi connectivity index (χ1) is 15.9. The first kappa shape index (κ1) is 23.7. The lowest BCUT2D eigenvalue weighted by Gasteiger charge is -2.13. The normalized spacial score (nSPS) is 14.8. The zero-order valence-corrected chi connectivity index (χ0v) is 21.3. The van der Waals surface area contributed by atoms with Gasteiger partial charge in [-0.3, -0.25) is 14.5 Å². The third kappa shape index (κ3) is 5.72. The third-order valence-corrected chi connectivity index (χ3v) is 6.95. The van der Waals surface area contributed by atoms with Gasteiger partial charge in [0, 0.05) is 8.59 Å². The summed E-state index contributed by atoms with van der Waals surface area (Å²) in [5.74, 6) is 0.799. The number of hydrogen-bond donors (Lipinski definition) is 0.